The van der Waals surface area contributed by atoms with Gasteiger partial charge in [0.15, 0.2) is 11.5 Å². The van der Waals surface area contributed by atoms with E-state index in [2.05, 4.69) is 28.8 Å². The Morgan fingerprint density at radius 2 is 1.46 bits per heavy atom. The number of rotatable bonds is 27. The Kier molecular flexibility index (Phi) is 21.3. The van der Waals surface area contributed by atoms with E-state index in [0.717, 1.165) is 34.6 Å². The second-order valence-electron chi connectivity index (χ2n) is 19.2. The molecule has 0 aromatic heterocycles. The van der Waals surface area contributed by atoms with E-state index in [9.17, 15) is 29.1 Å². The summed E-state index contributed by atoms with van der Waals surface area (Å²) in [6.45, 7) is 10.6. The molecule has 4 aromatic carbocycles. The number of ketones is 2. The molecule has 0 spiro atoms. The summed E-state index contributed by atoms with van der Waals surface area (Å²) in [6, 6.07) is 29.4. The number of Topliss-reactive ketones (excluding diaryl/α,β-unsaturated/α-hetero) is 2. The SMILES string of the molecule is CCC(C)(C)C(=O)C(=O)C1CCCCC1C(=O)OC(CCc1ccc(OC)c(OC)c1)c1cccc(NC(=O)CCC(=O)N[C@@H](Cc2ccccc2)C(O)CN(CC(C)C)Sc2ccc(OC)cc2)c1. The molecule has 14 heteroatoms. The lowest BCUT2D eigenvalue weighted by Gasteiger charge is -2.32. The zero-order chi connectivity index (χ0) is 50.8. The molecule has 0 radical (unpaired) electrons. The first kappa shape index (κ1) is 55.2. The molecule has 0 saturated heterocycles. The Morgan fingerprint density at radius 3 is 2.11 bits per heavy atom. The van der Waals surface area contributed by atoms with Gasteiger partial charge in [-0.2, -0.15) is 0 Å². The van der Waals surface area contributed by atoms with E-state index in [1.54, 1.807) is 53.4 Å². The van der Waals surface area contributed by atoms with Crippen LogP contribution in [0.1, 0.15) is 109 Å². The van der Waals surface area contributed by atoms with Gasteiger partial charge in [-0.05, 0) is 122 Å². The van der Waals surface area contributed by atoms with Gasteiger partial charge in [0.1, 0.15) is 11.9 Å². The highest BCUT2D eigenvalue weighted by atomic mass is 32.2. The van der Waals surface area contributed by atoms with Crippen molar-refractivity contribution >= 4 is 47.0 Å². The predicted octanol–water partition coefficient (Wildman–Crippen LogP) is 9.78. The minimum absolute atomic E-state index is 0.120. The topological polar surface area (TPSA) is 170 Å². The quantitative estimate of drug-likeness (QED) is 0.0294. The van der Waals surface area contributed by atoms with E-state index in [0.29, 0.717) is 73.7 Å². The second kappa shape index (κ2) is 27.1. The van der Waals surface area contributed by atoms with Crippen molar-refractivity contribution in [1.29, 1.82) is 0 Å². The Bertz CT molecular complexity index is 2340. The average molecular weight is 980 g/mol. The predicted molar refractivity (Wildman–Crippen MR) is 274 cm³/mol. The van der Waals surface area contributed by atoms with Gasteiger partial charge in [-0.3, -0.25) is 24.0 Å². The number of nitrogens with one attached hydrogen (secondary N) is 2. The molecule has 1 fully saturated rings. The van der Waals surface area contributed by atoms with Crippen LogP contribution in [0.3, 0.4) is 0 Å². The maximum atomic E-state index is 14.2. The molecule has 0 bridgehead atoms. The van der Waals surface area contributed by atoms with Crippen LogP contribution in [0.15, 0.2) is 102 Å². The van der Waals surface area contributed by atoms with Crippen molar-refractivity contribution in [2.75, 3.05) is 39.7 Å². The number of carbonyl (C=O) groups is 5. The normalized spacial score (nSPS) is 16.2. The highest BCUT2D eigenvalue weighted by Crippen LogP contribution is 2.37. The number of anilines is 1. The summed E-state index contributed by atoms with van der Waals surface area (Å²) >= 11 is 1.54. The van der Waals surface area contributed by atoms with Crippen molar-refractivity contribution in [3.63, 3.8) is 0 Å². The third-order valence-corrected chi connectivity index (χ3v) is 14.1. The van der Waals surface area contributed by atoms with Crippen LogP contribution in [0, 0.1) is 23.2 Å². The highest BCUT2D eigenvalue weighted by molar-refractivity contribution is 7.97. The number of ether oxygens (including phenoxy) is 4. The summed E-state index contributed by atoms with van der Waals surface area (Å²) in [4.78, 5) is 69.3. The summed E-state index contributed by atoms with van der Waals surface area (Å²) in [5, 5.41) is 17.7. The molecule has 0 heterocycles. The summed E-state index contributed by atoms with van der Waals surface area (Å²) in [7, 11) is 4.75. The van der Waals surface area contributed by atoms with Gasteiger partial charge in [0.2, 0.25) is 23.4 Å². The zero-order valence-corrected chi connectivity index (χ0v) is 43.0. The summed E-state index contributed by atoms with van der Waals surface area (Å²) in [6.07, 6.45) is 2.14. The number of aryl methyl sites for hydroxylation is 1. The smallest absolute Gasteiger partial charge is 0.310 e. The fourth-order valence-corrected chi connectivity index (χ4v) is 9.78. The number of hydrogen-bond acceptors (Lipinski definition) is 12. The third kappa shape index (κ3) is 16.4. The van der Waals surface area contributed by atoms with Gasteiger partial charge in [0, 0.05) is 47.8 Å². The van der Waals surface area contributed by atoms with E-state index < -0.39 is 58.9 Å². The highest BCUT2D eigenvalue weighted by Gasteiger charge is 2.43. The van der Waals surface area contributed by atoms with Crippen molar-refractivity contribution < 1.29 is 48.0 Å². The molecule has 5 atom stereocenters. The van der Waals surface area contributed by atoms with Crippen molar-refractivity contribution in [2.45, 2.75) is 122 Å². The van der Waals surface area contributed by atoms with E-state index in [1.165, 1.54) is 11.9 Å². The van der Waals surface area contributed by atoms with E-state index in [1.807, 2.05) is 85.8 Å². The minimum atomic E-state index is -0.931. The van der Waals surface area contributed by atoms with Gasteiger partial charge in [-0.25, -0.2) is 4.31 Å². The number of hydrogen-bond donors (Lipinski definition) is 3. The van der Waals surface area contributed by atoms with Crippen LogP contribution in [0.2, 0.25) is 0 Å². The van der Waals surface area contributed by atoms with Gasteiger partial charge < -0.3 is 34.7 Å². The molecule has 1 saturated carbocycles. The van der Waals surface area contributed by atoms with Crippen LogP contribution in [0.4, 0.5) is 5.69 Å². The molecule has 5 rings (SSSR count). The van der Waals surface area contributed by atoms with Crippen LogP contribution in [-0.2, 0) is 41.6 Å². The third-order valence-electron chi connectivity index (χ3n) is 13.0. The van der Waals surface area contributed by atoms with Gasteiger partial charge in [-0.15, -0.1) is 0 Å². The molecule has 70 heavy (non-hydrogen) atoms. The molecular formula is C56H73N3O10S. The number of nitrogens with zero attached hydrogens (tertiary/aromatic N) is 1. The lowest BCUT2D eigenvalue weighted by Crippen LogP contribution is -2.49. The van der Waals surface area contributed by atoms with E-state index in [-0.39, 0.29) is 25.3 Å². The molecule has 378 valence electrons. The number of methoxy groups -OCH3 is 3. The number of esters is 1. The fraction of sp³-hybridized carbons (Fsp3) is 0.482. The first-order valence-corrected chi connectivity index (χ1v) is 25.3. The van der Waals surface area contributed by atoms with Crippen LogP contribution < -0.4 is 24.8 Å². The molecule has 1 aliphatic rings. The summed E-state index contributed by atoms with van der Waals surface area (Å²) < 4.78 is 24.7. The maximum Gasteiger partial charge on any atom is 0.310 e. The van der Waals surface area contributed by atoms with Gasteiger partial charge >= 0.3 is 5.97 Å². The summed E-state index contributed by atoms with van der Waals surface area (Å²) in [5.74, 6) is -1.57. The van der Waals surface area contributed by atoms with Gasteiger partial charge in [0.05, 0.1) is 39.4 Å². The molecule has 0 aliphatic heterocycles. The Hall–Kier alpha value is -5.70. The number of carbonyl (C=O) groups excluding carboxylic acids is 5. The summed E-state index contributed by atoms with van der Waals surface area (Å²) in [5.41, 5.74) is 2.11. The number of benzene rings is 4. The molecule has 1 aliphatic carbocycles. The van der Waals surface area contributed by atoms with E-state index in [4.69, 9.17) is 18.9 Å². The Labute approximate surface area is 418 Å². The molecular weight excluding hydrogens is 907 g/mol. The Balaban J connectivity index is 1.28. The zero-order valence-electron chi connectivity index (χ0n) is 42.2. The van der Waals surface area contributed by atoms with E-state index >= 15 is 0 Å². The van der Waals surface area contributed by atoms with Crippen molar-refractivity contribution in [3.05, 3.63) is 114 Å². The molecule has 4 aromatic rings. The maximum absolute atomic E-state index is 14.2. The first-order chi connectivity index (χ1) is 33.5. The minimum Gasteiger partial charge on any atom is -0.497 e. The monoisotopic (exact) mass is 980 g/mol. The lowest BCUT2D eigenvalue weighted by molar-refractivity contribution is -0.161. The Morgan fingerprint density at radius 1 is 0.771 bits per heavy atom. The molecule has 13 nitrogen and oxygen atoms in total. The lowest BCUT2D eigenvalue weighted by atomic mass is 9.72. The molecule has 4 unspecified atom stereocenters. The largest absolute Gasteiger partial charge is 0.497 e. The number of aliphatic hydroxyl groups excluding tert-OH is 1. The van der Waals surface area contributed by atoms with Gasteiger partial charge in [0.25, 0.3) is 0 Å². The standard InChI is InChI=1S/C56H73N3O10S/c1-9-56(4,5)54(64)53(63)44-20-13-14-21-45(44)55(65)69-48(28-22-39-23-29-49(67-7)50(33-39)68-8)40-18-15-19-41(34-40)57-51(61)30-31-52(62)58-46(32-38-16-11-10-12-17-38)47(60)36-59(35-37(2)3)70-43-26-24-42(66-6)25-27-43/h10-12,15-19,23-27,29,33-34,37,44-48,60H,9,13-14,20-22,28,30-32,35-36H2,1-8H3,(H,57,61)(H,58,62)/t44?,45?,46-,47?,48?/m0/s1. The molecule has 3 N–H and O–H groups in total. The van der Waals surface area contributed by atoms with Crippen LogP contribution >= 0.6 is 11.9 Å². The number of aliphatic hydroxyl groups is 1. The average Bonchev–Trinajstić information content (AvgIpc) is 3.36. The molecule has 2 amide bonds. The van der Waals surface area contributed by atoms with Crippen LogP contribution in [0.5, 0.6) is 17.2 Å². The second-order valence-corrected chi connectivity index (χ2v) is 20.4. The fourth-order valence-electron chi connectivity index (χ4n) is 8.62. The van der Waals surface area contributed by atoms with Crippen molar-refractivity contribution in [3.8, 4) is 17.2 Å². The number of amides is 2. The van der Waals surface area contributed by atoms with Crippen molar-refractivity contribution in [1.82, 2.24) is 9.62 Å². The van der Waals surface area contributed by atoms with Crippen LogP contribution in [-0.4, -0.2) is 85.3 Å². The van der Waals surface area contributed by atoms with Crippen LogP contribution in [0.25, 0.3) is 0 Å². The van der Waals surface area contributed by atoms with Gasteiger partial charge in [-0.1, -0.05) is 96.0 Å². The van der Waals surface area contributed by atoms with Crippen molar-refractivity contribution in [2.24, 2.45) is 23.2 Å². The first-order valence-electron chi connectivity index (χ1n) is 24.5.